The van der Waals surface area contributed by atoms with Gasteiger partial charge in [-0.25, -0.2) is 18.1 Å². The summed E-state index contributed by atoms with van der Waals surface area (Å²) in [6.07, 6.45) is -2.24. The van der Waals surface area contributed by atoms with E-state index in [2.05, 4.69) is 10.5 Å². The number of hydrazone groups is 1. The molecule has 1 atom stereocenters. The molecule has 0 aliphatic carbocycles. The van der Waals surface area contributed by atoms with Crippen molar-refractivity contribution >= 4 is 22.1 Å². The summed E-state index contributed by atoms with van der Waals surface area (Å²) in [6.45, 7) is 2.01. The van der Waals surface area contributed by atoms with E-state index in [1.165, 1.54) is 16.4 Å². The van der Waals surface area contributed by atoms with Gasteiger partial charge in [0.1, 0.15) is 0 Å². The Hall–Kier alpha value is -1.94. The van der Waals surface area contributed by atoms with E-state index in [1.807, 2.05) is 0 Å². The molecule has 0 spiro atoms. The second-order valence-corrected chi connectivity index (χ2v) is 8.21. The van der Waals surface area contributed by atoms with Crippen LogP contribution in [0.2, 0.25) is 0 Å². The average molecular weight is 391 g/mol. The Balaban J connectivity index is 1.97. The van der Waals surface area contributed by atoms with Crippen molar-refractivity contribution in [1.82, 2.24) is 9.73 Å². The summed E-state index contributed by atoms with van der Waals surface area (Å²) in [4.78, 5) is 12.1. The molecule has 26 heavy (non-hydrogen) atoms. The number of hydrogen-bond acceptors (Lipinski definition) is 4. The largest absolute Gasteiger partial charge is 0.416 e. The van der Waals surface area contributed by atoms with Gasteiger partial charge in [-0.2, -0.15) is 18.3 Å². The number of benzene rings is 1. The zero-order chi connectivity index (χ0) is 19.4. The number of carbonyl (C=O) groups excluding carboxylic acids is 1. The number of halogens is 3. The number of alkyl halides is 3. The summed E-state index contributed by atoms with van der Waals surface area (Å²) in [7, 11) is -3.36. The van der Waals surface area contributed by atoms with E-state index >= 15 is 0 Å². The number of amides is 1. The molecule has 1 fully saturated rings. The number of sulfonamides is 1. The molecule has 1 aliphatic rings. The molecule has 1 aliphatic heterocycles. The van der Waals surface area contributed by atoms with E-state index in [0.717, 1.165) is 18.3 Å². The summed E-state index contributed by atoms with van der Waals surface area (Å²) in [6, 6.07) is 4.55. The van der Waals surface area contributed by atoms with Crippen LogP contribution in [0, 0.1) is 5.92 Å². The molecule has 1 aromatic carbocycles. The quantitative estimate of drug-likeness (QED) is 0.618. The summed E-state index contributed by atoms with van der Waals surface area (Å²) in [5.41, 5.74) is 1.67. The van der Waals surface area contributed by atoms with Gasteiger partial charge in [0.25, 0.3) is 0 Å². The van der Waals surface area contributed by atoms with Crippen LogP contribution in [0.1, 0.15) is 30.9 Å². The molecule has 2 rings (SSSR count). The molecular formula is C16H20F3N3O3S. The summed E-state index contributed by atoms with van der Waals surface area (Å²) >= 11 is 0. The molecule has 0 saturated carbocycles. The lowest BCUT2D eigenvalue weighted by Crippen LogP contribution is -2.45. The number of hydrogen-bond donors (Lipinski definition) is 1. The van der Waals surface area contributed by atoms with Crippen molar-refractivity contribution in [2.75, 3.05) is 18.8 Å². The van der Waals surface area contributed by atoms with Crippen molar-refractivity contribution in [3.05, 3.63) is 35.4 Å². The lowest BCUT2D eigenvalue weighted by molar-refractivity contribution is -0.137. The van der Waals surface area contributed by atoms with E-state index in [0.29, 0.717) is 19.4 Å². The minimum atomic E-state index is -4.45. The van der Waals surface area contributed by atoms with Gasteiger partial charge in [-0.15, -0.1) is 0 Å². The molecule has 1 N–H and O–H groups in total. The van der Waals surface area contributed by atoms with E-state index in [9.17, 15) is 26.4 Å². The Labute approximate surface area is 150 Å². The normalized spacial score (nSPS) is 19.6. The molecule has 10 heteroatoms. The molecule has 144 valence electrons. The third-order valence-corrected chi connectivity index (χ3v) is 5.96. The van der Waals surface area contributed by atoms with Crippen molar-refractivity contribution in [2.45, 2.75) is 25.9 Å². The maximum Gasteiger partial charge on any atom is 0.416 e. The van der Waals surface area contributed by atoms with Gasteiger partial charge in [-0.3, -0.25) is 4.79 Å². The van der Waals surface area contributed by atoms with Crippen LogP contribution < -0.4 is 5.43 Å². The molecule has 1 unspecified atom stereocenters. The van der Waals surface area contributed by atoms with Crippen molar-refractivity contribution in [2.24, 2.45) is 11.0 Å². The Bertz CT molecular complexity index is 778. The van der Waals surface area contributed by atoms with E-state index in [1.54, 1.807) is 6.92 Å². The third-order valence-electron chi connectivity index (χ3n) is 4.12. The molecule has 1 amide bonds. The van der Waals surface area contributed by atoms with E-state index < -0.39 is 33.6 Å². The number of rotatable bonds is 5. The van der Waals surface area contributed by atoms with Gasteiger partial charge in [0.15, 0.2) is 0 Å². The summed E-state index contributed by atoms with van der Waals surface area (Å²) in [5.74, 6) is -1.03. The fraction of sp³-hybridized carbons (Fsp3) is 0.500. The van der Waals surface area contributed by atoms with Crippen LogP contribution in [0.5, 0.6) is 0 Å². The Morgan fingerprint density at radius 2 is 2.15 bits per heavy atom. The van der Waals surface area contributed by atoms with Gasteiger partial charge in [0.05, 0.1) is 23.4 Å². The maximum absolute atomic E-state index is 12.7. The first-order valence-electron chi connectivity index (χ1n) is 8.11. The summed E-state index contributed by atoms with van der Waals surface area (Å²) in [5, 5.41) is 3.69. The van der Waals surface area contributed by atoms with Crippen LogP contribution in [-0.4, -0.2) is 43.7 Å². The van der Waals surface area contributed by atoms with Crippen molar-refractivity contribution in [1.29, 1.82) is 0 Å². The van der Waals surface area contributed by atoms with Crippen molar-refractivity contribution < 1.29 is 26.4 Å². The lowest BCUT2D eigenvalue weighted by atomic mass is 9.99. The van der Waals surface area contributed by atoms with Crippen LogP contribution in [0.4, 0.5) is 13.2 Å². The van der Waals surface area contributed by atoms with Gasteiger partial charge in [-0.05, 0) is 37.5 Å². The standard InChI is InChI=1S/C16H20F3N3O3S/c1-2-26(24,25)22-8-4-6-13(11-22)15(23)21-20-10-12-5-3-7-14(9-12)16(17,18)19/h3,5,7,9-10,13H,2,4,6,8,11H2,1H3,(H,21,23). The van der Waals surface area contributed by atoms with Gasteiger partial charge in [-0.1, -0.05) is 12.1 Å². The van der Waals surface area contributed by atoms with Gasteiger partial charge >= 0.3 is 6.18 Å². The maximum atomic E-state index is 12.7. The zero-order valence-corrected chi connectivity index (χ0v) is 15.0. The third kappa shape index (κ3) is 5.28. The highest BCUT2D eigenvalue weighted by atomic mass is 32.2. The molecule has 1 aromatic rings. The topological polar surface area (TPSA) is 78.8 Å². The van der Waals surface area contributed by atoms with Gasteiger partial charge in [0, 0.05) is 13.1 Å². The van der Waals surface area contributed by atoms with Crippen LogP contribution in [0.15, 0.2) is 29.4 Å². The number of piperidine rings is 1. The fourth-order valence-electron chi connectivity index (χ4n) is 2.65. The van der Waals surface area contributed by atoms with Gasteiger partial charge < -0.3 is 0 Å². The highest BCUT2D eigenvalue weighted by Gasteiger charge is 2.31. The van der Waals surface area contributed by atoms with Crippen molar-refractivity contribution in [3.63, 3.8) is 0 Å². The fourth-order valence-corrected chi connectivity index (χ4v) is 3.83. The summed E-state index contributed by atoms with van der Waals surface area (Å²) < 4.78 is 63.1. The SMILES string of the molecule is CCS(=O)(=O)N1CCCC(C(=O)NN=Cc2cccc(C(F)(F)F)c2)C1. The Kier molecular flexibility index (Phi) is 6.40. The second kappa shape index (κ2) is 8.17. The minimum Gasteiger partial charge on any atom is -0.273 e. The smallest absolute Gasteiger partial charge is 0.273 e. The molecule has 0 aromatic heterocycles. The highest BCUT2D eigenvalue weighted by Crippen LogP contribution is 2.29. The second-order valence-electron chi connectivity index (χ2n) is 5.96. The molecular weight excluding hydrogens is 371 g/mol. The molecule has 1 heterocycles. The first kappa shape index (κ1) is 20.4. The van der Waals surface area contributed by atoms with Crippen LogP contribution >= 0.6 is 0 Å². The molecule has 1 saturated heterocycles. The van der Waals surface area contributed by atoms with Crippen LogP contribution in [0.3, 0.4) is 0 Å². The molecule has 6 nitrogen and oxygen atoms in total. The number of nitrogens with zero attached hydrogens (tertiary/aromatic N) is 2. The minimum absolute atomic E-state index is 0.0327. The zero-order valence-electron chi connectivity index (χ0n) is 14.2. The number of nitrogens with one attached hydrogen (secondary N) is 1. The highest BCUT2D eigenvalue weighted by molar-refractivity contribution is 7.89. The average Bonchev–Trinajstić information content (AvgIpc) is 2.61. The van der Waals surface area contributed by atoms with Crippen molar-refractivity contribution in [3.8, 4) is 0 Å². The monoisotopic (exact) mass is 391 g/mol. The Morgan fingerprint density at radius 1 is 1.42 bits per heavy atom. The van der Waals surface area contributed by atoms with Crippen LogP contribution in [0.25, 0.3) is 0 Å². The molecule has 0 radical (unpaired) electrons. The van der Waals surface area contributed by atoms with Crippen LogP contribution in [-0.2, 0) is 21.0 Å². The van der Waals surface area contributed by atoms with E-state index in [4.69, 9.17) is 0 Å². The van der Waals surface area contributed by atoms with E-state index in [-0.39, 0.29) is 17.9 Å². The first-order chi connectivity index (χ1) is 12.1. The predicted molar refractivity (Wildman–Crippen MR) is 90.9 cm³/mol. The Morgan fingerprint density at radius 3 is 2.81 bits per heavy atom. The first-order valence-corrected chi connectivity index (χ1v) is 9.72. The van der Waals surface area contributed by atoms with Gasteiger partial charge in [0.2, 0.25) is 15.9 Å². The lowest BCUT2D eigenvalue weighted by Gasteiger charge is -2.30. The predicted octanol–water partition coefficient (Wildman–Crippen LogP) is 2.22. The number of carbonyl (C=O) groups is 1. The molecule has 0 bridgehead atoms.